The van der Waals surface area contributed by atoms with Crippen LogP contribution in [0.1, 0.15) is 29.6 Å². The molecule has 0 aliphatic carbocycles. The average Bonchev–Trinajstić information content (AvgIpc) is 3.40. The van der Waals surface area contributed by atoms with Crippen LogP contribution in [0.15, 0.2) is 58.2 Å². The Hall–Kier alpha value is -2.91. The summed E-state index contributed by atoms with van der Waals surface area (Å²) >= 11 is 0. The number of nitrogens with zero attached hydrogens (tertiary/aromatic N) is 2. The third kappa shape index (κ3) is 4.03. The third-order valence-electron chi connectivity index (χ3n) is 5.21. The molecular weight excluding hydrogens is 406 g/mol. The van der Waals surface area contributed by atoms with Gasteiger partial charge in [0.1, 0.15) is 0 Å². The summed E-state index contributed by atoms with van der Waals surface area (Å²) in [5.41, 5.74) is 1.55. The van der Waals surface area contributed by atoms with E-state index in [-0.39, 0.29) is 22.8 Å². The zero-order chi connectivity index (χ0) is 21.1. The molecule has 0 amide bonds. The van der Waals surface area contributed by atoms with Crippen LogP contribution in [0.2, 0.25) is 0 Å². The normalized spacial score (nSPS) is 14.9. The van der Waals surface area contributed by atoms with E-state index < -0.39 is 16.0 Å². The van der Waals surface area contributed by atoms with Gasteiger partial charge in [0.15, 0.2) is 0 Å². The largest absolute Gasteiger partial charge is 0.462 e. The van der Waals surface area contributed by atoms with Crippen molar-refractivity contribution in [1.29, 1.82) is 0 Å². The van der Waals surface area contributed by atoms with Crippen molar-refractivity contribution < 1.29 is 17.9 Å². The summed E-state index contributed by atoms with van der Waals surface area (Å²) in [7, 11) is -3.59. The van der Waals surface area contributed by atoms with Crippen LogP contribution in [0.25, 0.3) is 11.0 Å². The quantitative estimate of drug-likeness (QED) is 0.459. The number of nitrogens with one attached hydrogen (secondary N) is 1. The van der Waals surface area contributed by atoms with Crippen LogP contribution in [0, 0.1) is 0 Å². The number of rotatable bonds is 7. The fraction of sp³-hybridized carbons (Fsp3) is 0.333. The van der Waals surface area contributed by atoms with Gasteiger partial charge < -0.3 is 9.72 Å². The molecule has 0 bridgehead atoms. The van der Waals surface area contributed by atoms with Crippen molar-refractivity contribution in [3.05, 3.63) is 64.6 Å². The van der Waals surface area contributed by atoms with E-state index in [1.807, 2.05) is 24.3 Å². The highest BCUT2D eigenvalue weighted by Gasteiger charge is 2.27. The number of esters is 1. The maximum absolute atomic E-state index is 12.7. The van der Waals surface area contributed by atoms with Gasteiger partial charge in [-0.3, -0.25) is 4.57 Å². The number of ether oxygens (including phenoxy) is 1. The Morgan fingerprint density at radius 1 is 1.07 bits per heavy atom. The van der Waals surface area contributed by atoms with E-state index in [1.54, 1.807) is 10.6 Å². The van der Waals surface area contributed by atoms with Gasteiger partial charge in [0.05, 0.1) is 28.1 Å². The summed E-state index contributed by atoms with van der Waals surface area (Å²) in [6, 6.07) is 13.3. The number of H-pyrrole nitrogens is 1. The summed E-state index contributed by atoms with van der Waals surface area (Å²) < 4.78 is 33.7. The number of carbonyl (C=O) groups excluding carboxylic acids is 1. The van der Waals surface area contributed by atoms with Gasteiger partial charge in [-0.2, -0.15) is 4.31 Å². The molecular formula is C21H23N3O5S. The van der Waals surface area contributed by atoms with Crippen molar-refractivity contribution >= 4 is 27.0 Å². The van der Waals surface area contributed by atoms with Gasteiger partial charge in [-0.15, -0.1) is 0 Å². The van der Waals surface area contributed by atoms with Gasteiger partial charge in [-0.1, -0.05) is 18.2 Å². The average molecular weight is 429 g/mol. The van der Waals surface area contributed by atoms with E-state index in [4.69, 9.17) is 4.74 Å². The molecule has 0 saturated carbocycles. The molecule has 3 aromatic rings. The molecule has 4 rings (SSSR count). The molecule has 1 fully saturated rings. The highest BCUT2D eigenvalue weighted by atomic mass is 32.2. The lowest BCUT2D eigenvalue weighted by Gasteiger charge is -2.15. The van der Waals surface area contributed by atoms with Crippen molar-refractivity contribution in [2.24, 2.45) is 0 Å². The van der Waals surface area contributed by atoms with Crippen LogP contribution >= 0.6 is 0 Å². The topological polar surface area (TPSA) is 101 Å². The first kappa shape index (κ1) is 20.4. The highest BCUT2D eigenvalue weighted by Crippen LogP contribution is 2.22. The van der Waals surface area contributed by atoms with Crippen LogP contribution < -0.4 is 5.69 Å². The number of aromatic nitrogens is 2. The molecule has 2 heterocycles. The first-order chi connectivity index (χ1) is 14.5. The zero-order valence-electron chi connectivity index (χ0n) is 16.4. The second-order valence-corrected chi connectivity index (χ2v) is 9.17. The first-order valence-electron chi connectivity index (χ1n) is 9.92. The standard InChI is InChI=1S/C21H23N3O5S/c25-20(16-7-5-8-17(15-16)30(27,28)23-11-3-4-12-23)29-14-6-13-24-19-10-2-1-9-18(19)22-21(24)26/h1-2,5,7-10,15H,3-4,6,11-14H2,(H,22,26). The lowest BCUT2D eigenvalue weighted by molar-refractivity contribution is 0.0496. The van der Waals surface area contributed by atoms with Crippen LogP contribution in [0.5, 0.6) is 0 Å². The van der Waals surface area contributed by atoms with Crippen LogP contribution in [-0.2, 0) is 21.3 Å². The van der Waals surface area contributed by atoms with Gasteiger partial charge >= 0.3 is 11.7 Å². The minimum Gasteiger partial charge on any atom is -0.462 e. The SMILES string of the molecule is O=C(OCCCn1c(=O)[nH]c2ccccc21)c1cccc(S(=O)(=O)N2CCCC2)c1. The van der Waals surface area contributed by atoms with Crippen LogP contribution in [0.3, 0.4) is 0 Å². The summed E-state index contributed by atoms with van der Waals surface area (Å²) in [5, 5.41) is 0. The fourth-order valence-corrected chi connectivity index (χ4v) is 5.22. The van der Waals surface area contributed by atoms with Gasteiger partial charge in [-0.25, -0.2) is 18.0 Å². The number of carbonyl (C=O) groups is 1. The van der Waals surface area contributed by atoms with Crippen molar-refractivity contribution in [1.82, 2.24) is 13.9 Å². The van der Waals surface area contributed by atoms with E-state index in [0.29, 0.717) is 26.1 Å². The van der Waals surface area contributed by atoms with Crippen LogP contribution in [-0.4, -0.2) is 47.9 Å². The molecule has 1 aliphatic heterocycles. The van der Waals surface area contributed by atoms with E-state index in [0.717, 1.165) is 23.9 Å². The number of benzene rings is 2. The molecule has 1 saturated heterocycles. The second-order valence-electron chi connectivity index (χ2n) is 7.23. The summed E-state index contributed by atoms with van der Waals surface area (Å²) in [6.07, 6.45) is 2.15. The lowest BCUT2D eigenvalue weighted by atomic mass is 10.2. The van der Waals surface area contributed by atoms with Crippen LogP contribution in [0.4, 0.5) is 0 Å². The smallest absolute Gasteiger partial charge is 0.338 e. The van der Waals surface area contributed by atoms with E-state index >= 15 is 0 Å². The Bertz CT molecular complexity index is 1220. The minimum absolute atomic E-state index is 0.101. The summed E-state index contributed by atoms with van der Waals surface area (Å²) in [4.78, 5) is 27.3. The van der Waals surface area contributed by atoms with E-state index in [9.17, 15) is 18.0 Å². The Morgan fingerprint density at radius 3 is 2.63 bits per heavy atom. The second kappa shape index (κ2) is 8.45. The molecule has 8 nitrogen and oxygen atoms in total. The molecule has 2 aromatic carbocycles. The number of aromatic amines is 1. The van der Waals surface area contributed by atoms with Gasteiger partial charge in [0.25, 0.3) is 0 Å². The Labute approximate surface area is 174 Å². The lowest BCUT2D eigenvalue weighted by Crippen LogP contribution is -2.28. The number of sulfonamides is 1. The number of aryl methyl sites for hydroxylation is 1. The third-order valence-corrected chi connectivity index (χ3v) is 7.11. The van der Waals surface area contributed by atoms with E-state index in [1.165, 1.54) is 22.5 Å². The molecule has 1 aliphatic rings. The molecule has 158 valence electrons. The van der Waals surface area contributed by atoms with E-state index in [2.05, 4.69) is 4.98 Å². The molecule has 0 atom stereocenters. The Balaban J connectivity index is 1.37. The number of fused-ring (bicyclic) bond motifs is 1. The molecule has 0 spiro atoms. The van der Waals surface area contributed by atoms with Gasteiger partial charge in [0, 0.05) is 19.6 Å². The van der Waals surface area contributed by atoms with Crippen molar-refractivity contribution in [3.8, 4) is 0 Å². The minimum atomic E-state index is -3.59. The van der Waals surface area contributed by atoms with Crippen molar-refractivity contribution in [3.63, 3.8) is 0 Å². The Kier molecular flexibility index (Phi) is 5.74. The predicted octanol–water partition coefficient (Wildman–Crippen LogP) is 2.36. The molecule has 30 heavy (non-hydrogen) atoms. The number of hydrogen-bond acceptors (Lipinski definition) is 5. The molecule has 0 radical (unpaired) electrons. The van der Waals surface area contributed by atoms with Gasteiger partial charge in [0.2, 0.25) is 10.0 Å². The number of para-hydroxylation sites is 2. The zero-order valence-corrected chi connectivity index (χ0v) is 17.2. The molecule has 0 unspecified atom stereocenters. The van der Waals surface area contributed by atoms with Gasteiger partial charge in [-0.05, 0) is 49.6 Å². The first-order valence-corrected chi connectivity index (χ1v) is 11.4. The number of imidazole rings is 1. The molecule has 1 N–H and O–H groups in total. The fourth-order valence-electron chi connectivity index (χ4n) is 3.66. The monoisotopic (exact) mass is 429 g/mol. The Morgan fingerprint density at radius 2 is 1.83 bits per heavy atom. The highest BCUT2D eigenvalue weighted by molar-refractivity contribution is 7.89. The predicted molar refractivity (Wildman–Crippen MR) is 112 cm³/mol. The maximum atomic E-state index is 12.7. The number of hydrogen-bond donors (Lipinski definition) is 1. The summed E-state index contributed by atoms with van der Waals surface area (Å²) in [6.45, 7) is 1.53. The molecule has 1 aromatic heterocycles. The molecule has 9 heteroatoms. The maximum Gasteiger partial charge on any atom is 0.338 e. The van der Waals surface area contributed by atoms with Crippen molar-refractivity contribution in [2.45, 2.75) is 30.7 Å². The summed E-state index contributed by atoms with van der Waals surface area (Å²) in [5.74, 6) is -0.584. The van der Waals surface area contributed by atoms with Crippen molar-refractivity contribution in [2.75, 3.05) is 19.7 Å².